The van der Waals surface area contributed by atoms with Crippen molar-refractivity contribution in [1.29, 1.82) is 0 Å². The zero-order valence-electron chi connectivity index (χ0n) is 11.4. The van der Waals surface area contributed by atoms with Gasteiger partial charge in [0.1, 0.15) is 11.3 Å². The van der Waals surface area contributed by atoms with Gasteiger partial charge in [0.2, 0.25) is 0 Å². The molecule has 0 aliphatic rings. The Bertz CT molecular complexity index is 402. The van der Waals surface area contributed by atoms with E-state index in [2.05, 4.69) is 5.32 Å². The first-order chi connectivity index (χ1) is 8.43. The molecule has 1 aromatic carbocycles. The van der Waals surface area contributed by atoms with Gasteiger partial charge in [-0.05, 0) is 38.0 Å². The molecular formula is C14H21NO3. The second kappa shape index (κ2) is 5.87. The molecule has 0 radical (unpaired) electrons. The van der Waals surface area contributed by atoms with Crippen molar-refractivity contribution in [3.05, 3.63) is 29.8 Å². The van der Waals surface area contributed by atoms with Crippen LogP contribution in [0.3, 0.4) is 0 Å². The minimum Gasteiger partial charge on any atom is -0.508 e. The van der Waals surface area contributed by atoms with E-state index in [1.165, 1.54) is 7.11 Å². The number of hydrogen-bond acceptors (Lipinski definition) is 4. The summed E-state index contributed by atoms with van der Waals surface area (Å²) in [6.07, 6.45) is 0.907. The third kappa shape index (κ3) is 3.01. The molecular weight excluding hydrogens is 230 g/mol. The van der Waals surface area contributed by atoms with Crippen molar-refractivity contribution in [1.82, 2.24) is 5.32 Å². The van der Waals surface area contributed by atoms with Crippen molar-refractivity contribution in [2.45, 2.75) is 38.8 Å². The number of benzene rings is 1. The molecule has 100 valence electrons. The lowest BCUT2D eigenvalue weighted by atomic mass is 9.90. The number of rotatable bonds is 5. The normalized spacial score (nSPS) is 15.8. The molecule has 1 rings (SSSR count). The zero-order chi connectivity index (χ0) is 13.8. The number of aromatic hydroxyl groups is 1. The van der Waals surface area contributed by atoms with E-state index in [0.717, 1.165) is 12.0 Å². The number of carbonyl (C=O) groups excluding carboxylic acids is 1. The summed E-state index contributed by atoms with van der Waals surface area (Å²) >= 11 is 0. The second-order valence-corrected chi connectivity index (χ2v) is 4.62. The molecule has 1 aromatic rings. The Labute approximate surface area is 108 Å². The molecule has 0 aliphatic carbocycles. The van der Waals surface area contributed by atoms with Crippen LogP contribution in [0.15, 0.2) is 24.3 Å². The van der Waals surface area contributed by atoms with Crippen molar-refractivity contribution >= 4 is 5.97 Å². The van der Waals surface area contributed by atoms with E-state index in [4.69, 9.17) is 4.74 Å². The maximum atomic E-state index is 12.0. The van der Waals surface area contributed by atoms with Gasteiger partial charge in [-0.2, -0.15) is 0 Å². The standard InChI is InChI=1S/C14H21NO3/c1-5-10(2)15-14(3,13(17)18-4)11-6-8-12(16)9-7-11/h6-10,15-16H,5H2,1-4H3. The minimum atomic E-state index is -0.905. The van der Waals surface area contributed by atoms with Crippen LogP contribution in [0.4, 0.5) is 0 Å². The number of ether oxygens (including phenoxy) is 1. The Morgan fingerprint density at radius 1 is 1.44 bits per heavy atom. The summed E-state index contributed by atoms with van der Waals surface area (Å²) in [5, 5.41) is 12.6. The maximum absolute atomic E-state index is 12.0. The van der Waals surface area contributed by atoms with E-state index < -0.39 is 5.54 Å². The predicted molar refractivity (Wildman–Crippen MR) is 70.4 cm³/mol. The summed E-state index contributed by atoms with van der Waals surface area (Å²) in [5.74, 6) is -0.164. The van der Waals surface area contributed by atoms with Crippen LogP contribution in [0.2, 0.25) is 0 Å². The van der Waals surface area contributed by atoms with Crippen LogP contribution in [0.5, 0.6) is 5.75 Å². The van der Waals surface area contributed by atoms with Crippen molar-refractivity contribution in [3.63, 3.8) is 0 Å². The Morgan fingerprint density at radius 3 is 2.44 bits per heavy atom. The van der Waals surface area contributed by atoms with E-state index in [0.29, 0.717) is 0 Å². The first kappa shape index (κ1) is 14.5. The minimum absolute atomic E-state index is 0.175. The number of phenols is 1. The molecule has 0 spiro atoms. The van der Waals surface area contributed by atoms with Crippen LogP contribution < -0.4 is 5.32 Å². The molecule has 0 amide bonds. The van der Waals surface area contributed by atoms with E-state index in [9.17, 15) is 9.90 Å². The number of nitrogens with one attached hydrogen (secondary N) is 1. The SMILES string of the molecule is CCC(C)NC(C)(C(=O)OC)c1ccc(O)cc1. The van der Waals surface area contributed by atoms with Crippen molar-refractivity contribution < 1.29 is 14.6 Å². The molecule has 4 heteroatoms. The largest absolute Gasteiger partial charge is 0.508 e. The highest BCUT2D eigenvalue weighted by molar-refractivity contribution is 5.82. The van der Waals surface area contributed by atoms with Crippen molar-refractivity contribution in [3.8, 4) is 5.75 Å². The monoisotopic (exact) mass is 251 g/mol. The van der Waals surface area contributed by atoms with Gasteiger partial charge >= 0.3 is 5.97 Å². The molecule has 0 aliphatic heterocycles. The number of hydrogen-bond donors (Lipinski definition) is 2. The quantitative estimate of drug-likeness (QED) is 0.787. The molecule has 0 bridgehead atoms. The predicted octanol–water partition coefficient (Wildman–Crippen LogP) is 2.17. The van der Waals surface area contributed by atoms with Crippen LogP contribution in [-0.2, 0) is 15.1 Å². The Hall–Kier alpha value is -1.55. The molecule has 0 heterocycles. The number of methoxy groups -OCH3 is 1. The second-order valence-electron chi connectivity index (χ2n) is 4.62. The number of carbonyl (C=O) groups is 1. The van der Waals surface area contributed by atoms with Crippen molar-refractivity contribution in [2.75, 3.05) is 7.11 Å². The van der Waals surface area contributed by atoms with Gasteiger partial charge in [-0.1, -0.05) is 19.1 Å². The zero-order valence-corrected chi connectivity index (χ0v) is 11.4. The molecule has 2 N–H and O–H groups in total. The summed E-state index contributed by atoms with van der Waals surface area (Å²) in [6.45, 7) is 5.85. The summed E-state index contributed by atoms with van der Waals surface area (Å²) in [5.41, 5.74) is -0.134. The molecule has 4 nitrogen and oxygen atoms in total. The fraction of sp³-hybridized carbons (Fsp3) is 0.500. The summed E-state index contributed by atoms with van der Waals surface area (Å²) in [6, 6.07) is 6.76. The lowest BCUT2D eigenvalue weighted by Crippen LogP contribution is -2.50. The van der Waals surface area contributed by atoms with E-state index in [1.807, 2.05) is 13.8 Å². The van der Waals surface area contributed by atoms with Gasteiger partial charge in [-0.25, -0.2) is 4.79 Å². The number of phenolic OH excluding ortho intramolecular Hbond substituents is 1. The highest BCUT2D eigenvalue weighted by Crippen LogP contribution is 2.25. The van der Waals surface area contributed by atoms with Crippen LogP contribution >= 0.6 is 0 Å². The fourth-order valence-electron chi connectivity index (χ4n) is 1.85. The first-order valence-corrected chi connectivity index (χ1v) is 6.09. The van der Waals surface area contributed by atoms with Gasteiger partial charge < -0.3 is 9.84 Å². The Morgan fingerprint density at radius 2 is 2.00 bits per heavy atom. The van der Waals surface area contributed by atoms with Gasteiger partial charge in [0.25, 0.3) is 0 Å². The van der Waals surface area contributed by atoms with Gasteiger partial charge in [-0.3, -0.25) is 5.32 Å². The lowest BCUT2D eigenvalue weighted by Gasteiger charge is -2.31. The third-order valence-corrected chi connectivity index (χ3v) is 3.19. The fourth-order valence-corrected chi connectivity index (χ4v) is 1.85. The molecule has 0 saturated heterocycles. The molecule has 0 aromatic heterocycles. The van der Waals surface area contributed by atoms with Gasteiger partial charge in [0.15, 0.2) is 0 Å². The van der Waals surface area contributed by atoms with Crippen molar-refractivity contribution in [2.24, 2.45) is 0 Å². The van der Waals surface area contributed by atoms with Crippen LogP contribution in [-0.4, -0.2) is 24.2 Å². The van der Waals surface area contributed by atoms with E-state index >= 15 is 0 Å². The highest BCUT2D eigenvalue weighted by atomic mass is 16.5. The van der Waals surface area contributed by atoms with E-state index in [1.54, 1.807) is 31.2 Å². The first-order valence-electron chi connectivity index (χ1n) is 6.09. The average molecular weight is 251 g/mol. The third-order valence-electron chi connectivity index (χ3n) is 3.19. The Balaban J connectivity index is 3.11. The molecule has 0 fully saturated rings. The van der Waals surface area contributed by atoms with E-state index in [-0.39, 0.29) is 17.8 Å². The molecule has 18 heavy (non-hydrogen) atoms. The van der Waals surface area contributed by atoms with Crippen LogP contribution in [0, 0.1) is 0 Å². The molecule has 2 atom stereocenters. The highest BCUT2D eigenvalue weighted by Gasteiger charge is 2.37. The van der Waals surface area contributed by atoms with Crippen LogP contribution in [0.1, 0.15) is 32.8 Å². The Kier molecular flexibility index (Phi) is 4.73. The van der Waals surface area contributed by atoms with Gasteiger partial charge in [0.05, 0.1) is 7.11 Å². The molecule has 2 unspecified atom stereocenters. The van der Waals surface area contributed by atoms with Crippen LogP contribution in [0.25, 0.3) is 0 Å². The lowest BCUT2D eigenvalue weighted by molar-refractivity contribution is -0.148. The topological polar surface area (TPSA) is 58.6 Å². The average Bonchev–Trinajstić information content (AvgIpc) is 2.38. The van der Waals surface area contributed by atoms with Gasteiger partial charge in [0, 0.05) is 6.04 Å². The molecule has 0 saturated carbocycles. The summed E-state index contributed by atoms with van der Waals surface area (Å²) < 4.78 is 4.88. The summed E-state index contributed by atoms with van der Waals surface area (Å²) in [7, 11) is 1.37. The summed E-state index contributed by atoms with van der Waals surface area (Å²) in [4.78, 5) is 12.0. The van der Waals surface area contributed by atoms with Gasteiger partial charge in [-0.15, -0.1) is 0 Å². The smallest absolute Gasteiger partial charge is 0.330 e. The number of esters is 1. The maximum Gasteiger partial charge on any atom is 0.330 e.